The number of anilines is 1. The molecule has 0 radical (unpaired) electrons. The highest BCUT2D eigenvalue weighted by atomic mass is 16.5. The summed E-state index contributed by atoms with van der Waals surface area (Å²) in [5, 5.41) is 2.63. The lowest BCUT2D eigenvalue weighted by Gasteiger charge is -2.30. The van der Waals surface area contributed by atoms with Gasteiger partial charge >= 0.3 is 11.8 Å². The fourth-order valence-corrected chi connectivity index (χ4v) is 3.61. The number of nitrogens with one attached hydrogen (secondary N) is 1. The Morgan fingerprint density at radius 2 is 1.92 bits per heavy atom. The van der Waals surface area contributed by atoms with Crippen LogP contribution in [0.25, 0.3) is 0 Å². The smallest absolute Gasteiger partial charge is 0.313 e. The molecule has 0 saturated carbocycles. The van der Waals surface area contributed by atoms with Gasteiger partial charge in [0.1, 0.15) is 0 Å². The maximum absolute atomic E-state index is 12.6. The van der Waals surface area contributed by atoms with Crippen molar-refractivity contribution in [1.29, 1.82) is 0 Å². The van der Waals surface area contributed by atoms with Crippen LogP contribution in [0.15, 0.2) is 18.3 Å². The van der Waals surface area contributed by atoms with Crippen LogP contribution >= 0.6 is 0 Å². The molecule has 0 aliphatic carbocycles. The minimum absolute atomic E-state index is 0.379. The number of rotatable bonds is 3. The number of ether oxygens (including phenoxy) is 1. The quantitative estimate of drug-likeness (QED) is 0.840. The van der Waals surface area contributed by atoms with Gasteiger partial charge in [-0.05, 0) is 44.8 Å². The topological polar surface area (TPSA) is 74.8 Å². The molecule has 0 unspecified atom stereocenters. The van der Waals surface area contributed by atoms with Crippen LogP contribution in [0.5, 0.6) is 5.88 Å². The van der Waals surface area contributed by atoms with Gasteiger partial charge in [-0.2, -0.15) is 0 Å². The number of aromatic nitrogens is 1. The lowest BCUT2D eigenvalue weighted by molar-refractivity contribution is -0.143. The van der Waals surface area contributed by atoms with E-state index in [0.717, 1.165) is 32.4 Å². The minimum Gasteiger partial charge on any atom is -0.481 e. The van der Waals surface area contributed by atoms with Crippen molar-refractivity contribution in [2.45, 2.75) is 38.1 Å². The van der Waals surface area contributed by atoms with Crippen molar-refractivity contribution in [3.63, 3.8) is 0 Å². The summed E-state index contributed by atoms with van der Waals surface area (Å²) in [4.78, 5) is 33.1. The predicted octanol–water partition coefficient (Wildman–Crippen LogP) is 1.51. The third-order valence-corrected chi connectivity index (χ3v) is 4.99. The third kappa shape index (κ3) is 4.48. The Kier molecular flexibility index (Phi) is 5.86. The van der Waals surface area contributed by atoms with Crippen molar-refractivity contribution in [1.82, 2.24) is 14.8 Å². The number of hydrogen-bond donors (Lipinski definition) is 1. The van der Waals surface area contributed by atoms with E-state index < -0.39 is 11.8 Å². The van der Waals surface area contributed by atoms with Gasteiger partial charge in [-0.15, -0.1) is 0 Å². The monoisotopic (exact) mass is 346 g/mol. The fourth-order valence-electron chi connectivity index (χ4n) is 3.61. The Morgan fingerprint density at radius 1 is 1.16 bits per heavy atom. The molecule has 1 aromatic heterocycles. The fraction of sp³-hybridized carbons (Fsp3) is 0.611. The van der Waals surface area contributed by atoms with Crippen LogP contribution in [0.1, 0.15) is 32.1 Å². The summed E-state index contributed by atoms with van der Waals surface area (Å²) < 4.78 is 4.99. The molecule has 25 heavy (non-hydrogen) atoms. The Labute approximate surface area is 148 Å². The molecular weight excluding hydrogens is 320 g/mol. The van der Waals surface area contributed by atoms with E-state index in [1.54, 1.807) is 17.0 Å². The summed E-state index contributed by atoms with van der Waals surface area (Å²) in [6.45, 7) is 3.51. The summed E-state index contributed by atoms with van der Waals surface area (Å²) in [6.07, 6.45) is 7.11. The van der Waals surface area contributed by atoms with Crippen molar-refractivity contribution in [2.75, 3.05) is 38.6 Å². The standard InChI is InChI=1S/C18H26N4O3/c1-25-16-8-7-14(12-19-16)20-17(23)18(24)22-11-3-2-6-15(13-22)21-9-4-5-10-21/h7-8,12,15H,2-6,9-11,13H2,1H3,(H,20,23)/t15-/m1/s1. The molecule has 1 atom stereocenters. The van der Waals surface area contributed by atoms with Crippen LogP contribution in [0.2, 0.25) is 0 Å². The molecule has 2 aliphatic rings. The van der Waals surface area contributed by atoms with Gasteiger partial charge in [0.25, 0.3) is 0 Å². The van der Waals surface area contributed by atoms with Crippen molar-refractivity contribution < 1.29 is 14.3 Å². The van der Waals surface area contributed by atoms with Gasteiger partial charge in [-0.1, -0.05) is 6.42 Å². The molecule has 2 amide bonds. The van der Waals surface area contributed by atoms with Crippen molar-refractivity contribution in [2.24, 2.45) is 0 Å². The van der Waals surface area contributed by atoms with Gasteiger partial charge in [-0.3, -0.25) is 14.5 Å². The number of methoxy groups -OCH3 is 1. The maximum atomic E-state index is 12.6. The van der Waals surface area contributed by atoms with Crippen LogP contribution < -0.4 is 10.1 Å². The summed E-state index contributed by atoms with van der Waals surface area (Å²) in [6, 6.07) is 3.70. The molecule has 7 nitrogen and oxygen atoms in total. The maximum Gasteiger partial charge on any atom is 0.313 e. The van der Waals surface area contributed by atoms with E-state index in [9.17, 15) is 9.59 Å². The normalized spacial score (nSPS) is 21.6. The molecule has 0 spiro atoms. The van der Waals surface area contributed by atoms with Crippen molar-refractivity contribution >= 4 is 17.5 Å². The van der Waals surface area contributed by atoms with Crippen molar-refractivity contribution in [3.8, 4) is 5.88 Å². The number of carbonyl (C=O) groups is 2. The molecule has 136 valence electrons. The van der Waals surface area contributed by atoms with Crippen LogP contribution in [0.3, 0.4) is 0 Å². The minimum atomic E-state index is -0.603. The average Bonchev–Trinajstić information content (AvgIpc) is 3.06. The van der Waals surface area contributed by atoms with E-state index >= 15 is 0 Å². The molecule has 1 aromatic rings. The first-order chi connectivity index (χ1) is 12.2. The molecule has 2 fully saturated rings. The largest absolute Gasteiger partial charge is 0.481 e. The molecule has 3 heterocycles. The third-order valence-electron chi connectivity index (χ3n) is 4.99. The number of hydrogen-bond acceptors (Lipinski definition) is 5. The highest BCUT2D eigenvalue weighted by molar-refractivity contribution is 6.39. The molecule has 2 saturated heterocycles. The zero-order valence-electron chi connectivity index (χ0n) is 14.7. The van der Waals surface area contributed by atoms with Gasteiger partial charge in [0.2, 0.25) is 5.88 Å². The number of nitrogens with zero attached hydrogens (tertiary/aromatic N) is 3. The second-order valence-corrected chi connectivity index (χ2v) is 6.69. The van der Waals surface area contributed by atoms with Crippen LogP contribution in [0, 0.1) is 0 Å². The van der Waals surface area contributed by atoms with Gasteiger partial charge < -0.3 is 15.0 Å². The van der Waals surface area contributed by atoms with E-state index in [2.05, 4.69) is 15.2 Å². The second kappa shape index (κ2) is 8.29. The first-order valence-electron chi connectivity index (χ1n) is 9.01. The lowest BCUT2D eigenvalue weighted by Crippen LogP contribution is -2.47. The number of likely N-dealkylation sites (tertiary alicyclic amines) is 2. The highest BCUT2D eigenvalue weighted by Crippen LogP contribution is 2.20. The van der Waals surface area contributed by atoms with E-state index in [-0.39, 0.29) is 0 Å². The van der Waals surface area contributed by atoms with E-state index in [1.165, 1.54) is 26.1 Å². The average molecular weight is 346 g/mol. The number of pyridine rings is 1. The summed E-state index contributed by atoms with van der Waals surface area (Å²) in [5.41, 5.74) is 0.491. The van der Waals surface area contributed by atoms with Crippen LogP contribution in [0.4, 0.5) is 5.69 Å². The van der Waals surface area contributed by atoms with Crippen LogP contribution in [-0.2, 0) is 9.59 Å². The Bertz CT molecular complexity index is 599. The zero-order chi connectivity index (χ0) is 17.6. The first kappa shape index (κ1) is 17.7. The van der Waals surface area contributed by atoms with Gasteiger partial charge in [0, 0.05) is 25.2 Å². The summed E-state index contributed by atoms with van der Waals surface area (Å²) >= 11 is 0. The number of amides is 2. The van der Waals surface area contributed by atoms with Crippen LogP contribution in [-0.4, -0.2) is 65.9 Å². The Hall–Kier alpha value is -2.15. The number of carbonyl (C=O) groups excluding carboxylic acids is 2. The SMILES string of the molecule is COc1ccc(NC(=O)C(=O)N2CCCC[C@@H](N3CCCC3)C2)cn1. The predicted molar refractivity (Wildman–Crippen MR) is 94.4 cm³/mol. The highest BCUT2D eigenvalue weighted by Gasteiger charge is 2.30. The molecule has 7 heteroatoms. The molecule has 0 aromatic carbocycles. The lowest BCUT2D eigenvalue weighted by atomic mass is 10.1. The summed E-state index contributed by atoms with van der Waals surface area (Å²) in [5.74, 6) is -0.596. The molecule has 2 aliphatic heterocycles. The van der Waals surface area contributed by atoms with Crippen molar-refractivity contribution in [3.05, 3.63) is 18.3 Å². The Balaban J connectivity index is 1.60. The Morgan fingerprint density at radius 3 is 2.60 bits per heavy atom. The first-order valence-corrected chi connectivity index (χ1v) is 9.01. The van der Waals surface area contributed by atoms with Gasteiger partial charge in [0.15, 0.2) is 0 Å². The van der Waals surface area contributed by atoms with E-state index in [4.69, 9.17) is 4.74 Å². The van der Waals surface area contributed by atoms with E-state index in [1.807, 2.05) is 0 Å². The molecule has 3 rings (SSSR count). The molecule has 1 N–H and O–H groups in total. The second-order valence-electron chi connectivity index (χ2n) is 6.69. The molecule has 0 bridgehead atoms. The zero-order valence-corrected chi connectivity index (χ0v) is 14.7. The summed E-state index contributed by atoms with van der Waals surface area (Å²) in [7, 11) is 1.53. The van der Waals surface area contributed by atoms with Gasteiger partial charge in [0.05, 0.1) is 19.0 Å². The van der Waals surface area contributed by atoms with Gasteiger partial charge in [-0.25, -0.2) is 4.98 Å². The van der Waals surface area contributed by atoms with E-state index in [0.29, 0.717) is 30.7 Å². The molecular formula is C18H26N4O3.